The molecule has 2 fully saturated rings. The second-order valence-electron chi connectivity index (χ2n) is 10.4. The Morgan fingerprint density at radius 2 is 1.71 bits per heavy atom. The van der Waals surface area contributed by atoms with Crippen molar-refractivity contribution < 1.29 is 32.2 Å². The summed E-state index contributed by atoms with van der Waals surface area (Å²) < 4.78 is 48.2. The number of halogens is 1. The number of aliphatic carboxylic acids is 1. The number of hydrogen-bond donors (Lipinski definition) is 2. The Kier molecular flexibility index (Phi) is 8.85. The molecule has 0 radical (unpaired) electrons. The van der Waals surface area contributed by atoms with Crippen molar-refractivity contribution in [2.75, 3.05) is 18.4 Å². The van der Waals surface area contributed by atoms with Crippen LogP contribution >= 0.6 is 11.3 Å². The van der Waals surface area contributed by atoms with Gasteiger partial charge < -0.3 is 9.84 Å². The number of carboxylic acid groups (broad SMARTS) is 1. The van der Waals surface area contributed by atoms with Gasteiger partial charge in [-0.25, -0.2) is 13.4 Å². The van der Waals surface area contributed by atoms with E-state index in [1.165, 1.54) is 30.3 Å². The van der Waals surface area contributed by atoms with Crippen molar-refractivity contribution in [1.29, 1.82) is 0 Å². The zero-order chi connectivity index (χ0) is 27.5. The van der Waals surface area contributed by atoms with Gasteiger partial charge in [0.2, 0.25) is 15.2 Å². The maximum atomic E-state index is 14.6. The minimum Gasteiger partial charge on any atom is -0.481 e. The van der Waals surface area contributed by atoms with Crippen molar-refractivity contribution in [3.05, 3.63) is 40.7 Å². The number of carboxylic acids is 1. The Balaban J connectivity index is 1.59. The molecular weight excluding hydrogens is 533 g/mol. The molecule has 1 amide bonds. The Labute approximate surface area is 226 Å². The van der Waals surface area contributed by atoms with Crippen LogP contribution in [-0.2, 0) is 29.8 Å². The van der Waals surface area contributed by atoms with E-state index < -0.39 is 38.5 Å². The molecule has 4 rings (SSSR count). The number of rotatable bonds is 9. The molecule has 208 valence electrons. The van der Waals surface area contributed by atoms with Gasteiger partial charge in [-0.1, -0.05) is 49.2 Å². The quantitative estimate of drug-likeness (QED) is 0.415. The van der Waals surface area contributed by atoms with Gasteiger partial charge in [-0.05, 0) is 57.2 Å². The summed E-state index contributed by atoms with van der Waals surface area (Å²) in [7, 11) is -3.61. The maximum absolute atomic E-state index is 14.6. The molecule has 1 saturated heterocycles. The van der Waals surface area contributed by atoms with Crippen LogP contribution in [0.3, 0.4) is 0 Å². The van der Waals surface area contributed by atoms with Gasteiger partial charge >= 0.3 is 5.97 Å². The van der Waals surface area contributed by atoms with Crippen LogP contribution in [0.25, 0.3) is 0 Å². The smallest absolute Gasteiger partial charge is 0.315 e. The lowest BCUT2D eigenvalue weighted by Crippen LogP contribution is -2.30. The van der Waals surface area contributed by atoms with Crippen molar-refractivity contribution in [2.45, 2.75) is 87.7 Å². The Bertz CT molecular complexity index is 1250. The lowest BCUT2D eigenvalue weighted by Gasteiger charge is -2.24. The second kappa shape index (κ2) is 11.8. The number of amides is 1. The molecule has 2 heterocycles. The number of aromatic nitrogens is 1. The highest BCUT2D eigenvalue weighted by Crippen LogP contribution is 2.33. The van der Waals surface area contributed by atoms with E-state index in [9.17, 15) is 27.5 Å². The molecule has 2 N–H and O–H groups in total. The van der Waals surface area contributed by atoms with Crippen molar-refractivity contribution in [2.24, 2.45) is 0 Å². The van der Waals surface area contributed by atoms with Crippen LogP contribution in [0, 0.1) is 5.13 Å². The molecule has 0 spiro atoms. The molecule has 9 nitrogen and oxygen atoms in total. The molecule has 0 bridgehead atoms. The topological polar surface area (TPSA) is 126 Å². The summed E-state index contributed by atoms with van der Waals surface area (Å²) >= 11 is 0.555. The fraction of sp³-hybridized carbons (Fsp3) is 0.577. The van der Waals surface area contributed by atoms with Gasteiger partial charge in [0.25, 0.3) is 5.91 Å². The average Bonchev–Trinajstić information content (AvgIpc) is 3.47. The first-order valence-corrected chi connectivity index (χ1v) is 15.2. The van der Waals surface area contributed by atoms with E-state index >= 15 is 0 Å². The third-order valence-corrected chi connectivity index (χ3v) is 9.87. The zero-order valence-electron chi connectivity index (χ0n) is 21.6. The van der Waals surface area contributed by atoms with Gasteiger partial charge in [-0.15, -0.1) is 0 Å². The highest BCUT2D eigenvalue weighted by Gasteiger charge is 2.37. The van der Waals surface area contributed by atoms with Crippen LogP contribution in [0.2, 0.25) is 0 Å². The van der Waals surface area contributed by atoms with E-state index in [-0.39, 0.29) is 21.8 Å². The molecule has 1 unspecified atom stereocenters. The first kappa shape index (κ1) is 28.6. The number of hydrogen-bond acceptors (Lipinski definition) is 7. The Morgan fingerprint density at radius 1 is 1.11 bits per heavy atom. The lowest BCUT2D eigenvalue weighted by molar-refractivity contribution is -0.142. The highest BCUT2D eigenvalue weighted by molar-refractivity contribution is 7.89. The minimum atomic E-state index is -3.61. The summed E-state index contributed by atoms with van der Waals surface area (Å²) in [6.07, 6.45) is 6.19. The number of carbonyl (C=O) groups is 2. The monoisotopic (exact) mass is 567 g/mol. The van der Waals surface area contributed by atoms with Crippen molar-refractivity contribution >= 4 is 38.4 Å². The molecule has 38 heavy (non-hydrogen) atoms. The Hall–Kier alpha value is -2.41. The number of benzene rings is 1. The molecule has 1 aromatic carbocycles. The maximum Gasteiger partial charge on any atom is 0.315 e. The standard InChI is InChI=1S/C26H34FN3O6S2/c1-26(2,24(32)33)21-22(27)37-25(28-21)29-23(31)20(36-18-9-5-3-4-6-10-18)17-11-13-19(14-12-17)38(34,35)30-15-7-8-16-30/h11-14,18,20H,3-10,15-16H2,1-2H3,(H,32,33)(H,28,29,31). The zero-order valence-corrected chi connectivity index (χ0v) is 23.2. The van der Waals surface area contributed by atoms with E-state index in [1.54, 1.807) is 12.1 Å². The van der Waals surface area contributed by atoms with Crippen LogP contribution in [0.15, 0.2) is 29.2 Å². The lowest BCUT2D eigenvalue weighted by atomic mass is 9.90. The van der Waals surface area contributed by atoms with Gasteiger partial charge in [0.05, 0.1) is 11.0 Å². The number of carbonyl (C=O) groups excluding carboxylic acids is 1. The molecule has 1 saturated carbocycles. The molecular formula is C26H34FN3O6S2. The van der Waals surface area contributed by atoms with Crippen LogP contribution in [-0.4, -0.2) is 53.9 Å². The first-order chi connectivity index (χ1) is 18.0. The number of sulfonamides is 1. The largest absolute Gasteiger partial charge is 0.481 e. The van der Waals surface area contributed by atoms with Crippen LogP contribution in [0.5, 0.6) is 0 Å². The average molecular weight is 568 g/mol. The second-order valence-corrected chi connectivity index (χ2v) is 13.3. The molecule has 2 aromatic rings. The van der Waals surface area contributed by atoms with Crippen LogP contribution < -0.4 is 5.32 Å². The number of anilines is 1. The normalized spacial score (nSPS) is 18.7. The van der Waals surface area contributed by atoms with E-state index in [1.807, 2.05) is 0 Å². The number of thiazole rings is 1. The molecule has 12 heteroatoms. The summed E-state index contributed by atoms with van der Waals surface area (Å²) in [5.74, 6) is -1.82. The summed E-state index contributed by atoms with van der Waals surface area (Å²) in [6.45, 7) is 3.67. The van der Waals surface area contributed by atoms with Crippen LogP contribution in [0.1, 0.15) is 82.6 Å². The molecule has 1 aliphatic heterocycles. The minimum absolute atomic E-state index is 0.0699. The molecule has 2 aliphatic rings. The van der Waals surface area contributed by atoms with Crippen LogP contribution in [0.4, 0.5) is 9.52 Å². The predicted molar refractivity (Wildman–Crippen MR) is 141 cm³/mol. The third kappa shape index (κ3) is 6.24. The van der Waals surface area contributed by atoms with E-state index in [0.717, 1.165) is 51.4 Å². The number of nitrogens with one attached hydrogen (secondary N) is 1. The fourth-order valence-corrected chi connectivity index (χ4v) is 7.14. The fourth-order valence-electron chi connectivity index (χ4n) is 4.77. The first-order valence-electron chi connectivity index (χ1n) is 13.0. The number of nitrogens with zero attached hydrogens (tertiary/aromatic N) is 2. The predicted octanol–water partition coefficient (Wildman–Crippen LogP) is 4.85. The third-order valence-electron chi connectivity index (χ3n) is 7.20. The van der Waals surface area contributed by atoms with Crippen molar-refractivity contribution in [1.82, 2.24) is 9.29 Å². The summed E-state index contributed by atoms with van der Waals surface area (Å²) in [4.78, 5) is 29.2. The van der Waals surface area contributed by atoms with E-state index in [0.29, 0.717) is 30.0 Å². The van der Waals surface area contributed by atoms with Gasteiger partial charge in [-0.3, -0.25) is 14.9 Å². The molecule has 1 aliphatic carbocycles. The van der Waals surface area contributed by atoms with Crippen molar-refractivity contribution in [3.8, 4) is 0 Å². The molecule has 1 atom stereocenters. The van der Waals surface area contributed by atoms with Gasteiger partial charge in [0.15, 0.2) is 11.2 Å². The number of ether oxygens (including phenoxy) is 1. The van der Waals surface area contributed by atoms with Gasteiger partial charge in [0, 0.05) is 13.1 Å². The van der Waals surface area contributed by atoms with Gasteiger partial charge in [-0.2, -0.15) is 8.70 Å². The Morgan fingerprint density at radius 3 is 2.29 bits per heavy atom. The summed E-state index contributed by atoms with van der Waals surface area (Å²) in [6, 6.07) is 6.11. The highest BCUT2D eigenvalue weighted by atomic mass is 32.2. The SMILES string of the molecule is CC(C)(C(=O)O)c1nc(NC(=O)C(OC2CCCCCC2)c2ccc(S(=O)(=O)N3CCCC3)cc2)sc1F. The van der Waals surface area contributed by atoms with Crippen molar-refractivity contribution in [3.63, 3.8) is 0 Å². The van der Waals surface area contributed by atoms with Gasteiger partial charge in [0.1, 0.15) is 11.1 Å². The summed E-state index contributed by atoms with van der Waals surface area (Å²) in [5, 5.41) is 11.2. The summed E-state index contributed by atoms with van der Waals surface area (Å²) in [5.41, 5.74) is -1.37. The van der Waals surface area contributed by atoms with E-state index in [2.05, 4.69) is 10.3 Å². The molecule has 1 aromatic heterocycles. The van der Waals surface area contributed by atoms with E-state index in [4.69, 9.17) is 4.74 Å².